The summed E-state index contributed by atoms with van der Waals surface area (Å²) >= 11 is 0. The summed E-state index contributed by atoms with van der Waals surface area (Å²) in [5.41, 5.74) is 0. The molecule has 1 unspecified atom stereocenters. The Morgan fingerprint density at radius 3 is 2.00 bits per heavy atom. The molecule has 4 heteroatoms. The summed E-state index contributed by atoms with van der Waals surface area (Å²) in [6.45, 7) is 2.02. The predicted octanol–water partition coefficient (Wildman–Crippen LogP) is 3.48. The number of carbonyl (C=O) groups is 2. The van der Waals surface area contributed by atoms with Crippen molar-refractivity contribution in [1.82, 2.24) is 0 Å². The maximum Gasteiger partial charge on any atom is 0.308 e. The van der Waals surface area contributed by atoms with E-state index in [1.165, 1.54) is 20.6 Å². The molecule has 0 amide bonds. The van der Waals surface area contributed by atoms with E-state index in [4.69, 9.17) is 4.74 Å². The first kappa shape index (κ1) is 17.9. The minimum Gasteiger partial charge on any atom is -0.469 e. The molecule has 1 atom stereocenters. The maximum absolute atomic E-state index is 11.4. The Morgan fingerprint density at radius 2 is 1.47 bits per heavy atom. The van der Waals surface area contributed by atoms with Crippen molar-refractivity contribution in [2.45, 2.75) is 64.7 Å². The molecule has 112 valence electrons. The van der Waals surface area contributed by atoms with Crippen LogP contribution in [0.15, 0.2) is 0 Å². The zero-order valence-electron chi connectivity index (χ0n) is 12.6. The molecule has 0 rings (SSSR count). The Kier molecular flexibility index (Phi) is 11.3. The van der Waals surface area contributed by atoms with Gasteiger partial charge in [-0.05, 0) is 19.3 Å². The topological polar surface area (TPSA) is 52.6 Å². The average Bonchev–Trinajstić information content (AvgIpc) is 2.44. The Hall–Kier alpha value is -1.06. The number of methoxy groups -OCH3 is 2. The Morgan fingerprint density at radius 1 is 0.895 bits per heavy atom. The van der Waals surface area contributed by atoms with Crippen LogP contribution >= 0.6 is 0 Å². The highest BCUT2D eigenvalue weighted by Gasteiger charge is 2.15. The molecule has 0 aromatic heterocycles. The first-order chi connectivity index (χ1) is 9.15. The van der Waals surface area contributed by atoms with E-state index in [1.807, 2.05) is 6.92 Å². The average molecular weight is 272 g/mol. The SMILES string of the molecule is CCC(CCCCCCCCC(=O)OC)C(=O)OC. The molecule has 0 heterocycles. The van der Waals surface area contributed by atoms with E-state index in [-0.39, 0.29) is 17.9 Å². The lowest BCUT2D eigenvalue weighted by molar-refractivity contribution is -0.145. The molecule has 0 bridgehead atoms. The third-order valence-corrected chi connectivity index (χ3v) is 3.44. The van der Waals surface area contributed by atoms with E-state index in [9.17, 15) is 9.59 Å². The van der Waals surface area contributed by atoms with Gasteiger partial charge in [0.15, 0.2) is 0 Å². The monoisotopic (exact) mass is 272 g/mol. The van der Waals surface area contributed by atoms with Gasteiger partial charge in [0.2, 0.25) is 0 Å². The van der Waals surface area contributed by atoms with Crippen molar-refractivity contribution in [2.24, 2.45) is 5.92 Å². The molecule has 0 saturated carbocycles. The van der Waals surface area contributed by atoms with Crippen LogP contribution < -0.4 is 0 Å². The van der Waals surface area contributed by atoms with Gasteiger partial charge < -0.3 is 9.47 Å². The van der Waals surface area contributed by atoms with Crippen LogP contribution in [0.5, 0.6) is 0 Å². The molecule has 0 aliphatic heterocycles. The van der Waals surface area contributed by atoms with Crippen molar-refractivity contribution in [3.63, 3.8) is 0 Å². The van der Waals surface area contributed by atoms with Crippen LogP contribution in [0.1, 0.15) is 64.7 Å². The summed E-state index contributed by atoms with van der Waals surface area (Å²) in [7, 11) is 2.88. The predicted molar refractivity (Wildman–Crippen MR) is 74.7 cm³/mol. The van der Waals surface area contributed by atoms with Crippen LogP contribution in [0.25, 0.3) is 0 Å². The van der Waals surface area contributed by atoms with Gasteiger partial charge in [-0.3, -0.25) is 9.59 Å². The highest BCUT2D eigenvalue weighted by Crippen LogP contribution is 2.16. The highest BCUT2D eigenvalue weighted by atomic mass is 16.5. The molecule has 0 fully saturated rings. The van der Waals surface area contributed by atoms with Crippen molar-refractivity contribution in [1.29, 1.82) is 0 Å². The molecule has 0 spiro atoms. The largest absolute Gasteiger partial charge is 0.469 e. The smallest absolute Gasteiger partial charge is 0.308 e. The van der Waals surface area contributed by atoms with Gasteiger partial charge in [0.05, 0.1) is 20.1 Å². The van der Waals surface area contributed by atoms with Crippen molar-refractivity contribution in [3.8, 4) is 0 Å². The fourth-order valence-corrected chi connectivity index (χ4v) is 2.12. The summed E-state index contributed by atoms with van der Waals surface area (Å²) in [5.74, 6) is -0.145. The Labute approximate surface area is 116 Å². The quantitative estimate of drug-likeness (QED) is 0.427. The summed E-state index contributed by atoms with van der Waals surface area (Å²) in [4.78, 5) is 22.3. The lowest BCUT2D eigenvalue weighted by Crippen LogP contribution is -2.15. The van der Waals surface area contributed by atoms with Gasteiger partial charge in [-0.2, -0.15) is 0 Å². The van der Waals surface area contributed by atoms with E-state index in [0.717, 1.165) is 44.9 Å². The van der Waals surface area contributed by atoms with Crippen molar-refractivity contribution >= 4 is 11.9 Å². The van der Waals surface area contributed by atoms with Gasteiger partial charge in [0, 0.05) is 6.42 Å². The molecule has 0 aromatic rings. The van der Waals surface area contributed by atoms with Gasteiger partial charge in [-0.25, -0.2) is 0 Å². The van der Waals surface area contributed by atoms with Crippen LogP contribution in [-0.2, 0) is 19.1 Å². The van der Waals surface area contributed by atoms with Gasteiger partial charge in [-0.1, -0.05) is 39.0 Å². The van der Waals surface area contributed by atoms with E-state index in [0.29, 0.717) is 6.42 Å². The van der Waals surface area contributed by atoms with Crippen molar-refractivity contribution in [2.75, 3.05) is 14.2 Å². The molecule has 0 radical (unpaired) electrons. The second kappa shape index (κ2) is 12.0. The van der Waals surface area contributed by atoms with Crippen LogP contribution in [0.4, 0.5) is 0 Å². The maximum atomic E-state index is 11.4. The Balaban J connectivity index is 3.39. The lowest BCUT2D eigenvalue weighted by Gasteiger charge is -2.11. The van der Waals surface area contributed by atoms with Gasteiger partial charge in [0.1, 0.15) is 0 Å². The van der Waals surface area contributed by atoms with E-state index in [1.54, 1.807) is 0 Å². The third kappa shape index (κ3) is 9.51. The van der Waals surface area contributed by atoms with Crippen LogP contribution in [-0.4, -0.2) is 26.2 Å². The number of esters is 2. The Bertz CT molecular complexity index is 251. The zero-order valence-corrected chi connectivity index (χ0v) is 12.6. The number of hydrogen-bond acceptors (Lipinski definition) is 4. The molecular formula is C15H28O4. The number of hydrogen-bond donors (Lipinski definition) is 0. The van der Waals surface area contributed by atoms with E-state index < -0.39 is 0 Å². The normalized spacial score (nSPS) is 11.9. The molecule has 0 aromatic carbocycles. The molecule has 19 heavy (non-hydrogen) atoms. The van der Waals surface area contributed by atoms with Gasteiger partial charge in [0.25, 0.3) is 0 Å². The minimum absolute atomic E-state index is 0.0596. The first-order valence-electron chi connectivity index (χ1n) is 7.30. The summed E-state index contributed by atoms with van der Waals surface area (Å²) < 4.78 is 9.35. The van der Waals surface area contributed by atoms with Gasteiger partial charge >= 0.3 is 11.9 Å². The van der Waals surface area contributed by atoms with Crippen molar-refractivity contribution in [3.05, 3.63) is 0 Å². The first-order valence-corrected chi connectivity index (χ1v) is 7.30. The standard InChI is InChI=1S/C15H28O4/c1-4-13(15(17)19-3)11-9-7-5-6-8-10-12-14(16)18-2/h13H,4-12H2,1-3H3. The van der Waals surface area contributed by atoms with Crippen LogP contribution in [0.3, 0.4) is 0 Å². The zero-order chi connectivity index (χ0) is 14.5. The van der Waals surface area contributed by atoms with Crippen LogP contribution in [0.2, 0.25) is 0 Å². The molecule has 0 aliphatic carbocycles. The van der Waals surface area contributed by atoms with Gasteiger partial charge in [-0.15, -0.1) is 0 Å². The summed E-state index contributed by atoms with van der Waals surface area (Å²) in [6, 6.07) is 0. The second-order valence-electron chi connectivity index (χ2n) is 4.86. The number of unbranched alkanes of at least 4 members (excludes halogenated alkanes) is 5. The minimum atomic E-state index is -0.121. The lowest BCUT2D eigenvalue weighted by atomic mass is 9.98. The number of rotatable bonds is 11. The summed E-state index contributed by atoms with van der Waals surface area (Å²) in [6.07, 6.45) is 8.81. The number of ether oxygens (including phenoxy) is 2. The highest BCUT2D eigenvalue weighted by molar-refractivity contribution is 5.72. The molecule has 0 N–H and O–H groups in total. The fraction of sp³-hybridized carbons (Fsp3) is 0.867. The second-order valence-corrected chi connectivity index (χ2v) is 4.86. The third-order valence-electron chi connectivity index (χ3n) is 3.44. The van der Waals surface area contributed by atoms with E-state index >= 15 is 0 Å². The van der Waals surface area contributed by atoms with Crippen LogP contribution in [0, 0.1) is 5.92 Å². The molecule has 0 aliphatic rings. The molecular weight excluding hydrogens is 244 g/mol. The van der Waals surface area contributed by atoms with E-state index in [2.05, 4.69) is 4.74 Å². The van der Waals surface area contributed by atoms with Crippen molar-refractivity contribution < 1.29 is 19.1 Å². The number of carbonyl (C=O) groups excluding carboxylic acids is 2. The molecule has 4 nitrogen and oxygen atoms in total. The fourth-order valence-electron chi connectivity index (χ4n) is 2.12. The molecule has 0 saturated heterocycles. The summed E-state index contributed by atoms with van der Waals surface area (Å²) in [5, 5.41) is 0.